The molecule has 1 fully saturated rings. The molecule has 0 bridgehead atoms. The van der Waals surface area contributed by atoms with E-state index in [9.17, 15) is 9.90 Å². The third-order valence-corrected chi connectivity index (χ3v) is 3.09. The van der Waals surface area contributed by atoms with E-state index in [4.69, 9.17) is 14.2 Å². The first kappa shape index (κ1) is 15.4. The van der Waals surface area contributed by atoms with Gasteiger partial charge in [0.2, 0.25) is 0 Å². The highest BCUT2D eigenvalue weighted by Crippen LogP contribution is 2.21. The lowest BCUT2D eigenvalue weighted by molar-refractivity contribution is -0.183. The predicted octanol–water partition coefficient (Wildman–Crippen LogP) is 1.62. The summed E-state index contributed by atoms with van der Waals surface area (Å²) in [4.78, 5) is 10.8. The topological polar surface area (TPSA) is 65.0 Å². The number of aliphatic hydroxyl groups is 1. The average molecular weight is 260 g/mol. The Kier molecular flexibility index (Phi) is 6.60. The van der Waals surface area contributed by atoms with Crippen LogP contribution in [0.4, 0.5) is 0 Å². The number of carbonyl (C=O) groups excluding carboxylic acids is 1. The molecule has 0 saturated carbocycles. The summed E-state index contributed by atoms with van der Waals surface area (Å²) in [6.07, 6.45) is 2.25. The van der Waals surface area contributed by atoms with E-state index in [1.807, 2.05) is 0 Å². The van der Waals surface area contributed by atoms with Crippen LogP contribution in [0.25, 0.3) is 0 Å². The van der Waals surface area contributed by atoms with Crippen LogP contribution in [0, 0.1) is 0 Å². The second-order valence-electron chi connectivity index (χ2n) is 4.88. The van der Waals surface area contributed by atoms with Crippen LogP contribution >= 0.6 is 0 Å². The molecule has 1 aliphatic heterocycles. The van der Waals surface area contributed by atoms with Gasteiger partial charge in [-0.25, -0.2) is 0 Å². The highest BCUT2D eigenvalue weighted by Gasteiger charge is 2.25. The molecule has 4 atom stereocenters. The van der Waals surface area contributed by atoms with Crippen LogP contribution in [0.3, 0.4) is 0 Å². The molecule has 0 aromatic carbocycles. The fourth-order valence-corrected chi connectivity index (χ4v) is 2.22. The quantitative estimate of drug-likeness (QED) is 0.735. The van der Waals surface area contributed by atoms with Gasteiger partial charge in [-0.3, -0.25) is 4.79 Å². The average Bonchev–Trinajstić information content (AvgIpc) is 2.27. The molecule has 1 N–H and O–H groups in total. The van der Waals surface area contributed by atoms with E-state index < -0.39 is 6.10 Å². The number of esters is 1. The van der Waals surface area contributed by atoms with E-state index in [1.54, 1.807) is 6.92 Å². The zero-order valence-corrected chi connectivity index (χ0v) is 11.4. The number of rotatable bonds is 6. The van der Waals surface area contributed by atoms with E-state index in [-0.39, 0.29) is 24.3 Å². The molecular weight excluding hydrogens is 236 g/mol. The van der Waals surface area contributed by atoms with Gasteiger partial charge in [-0.1, -0.05) is 6.92 Å². The highest BCUT2D eigenvalue weighted by atomic mass is 16.7. The summed E-state index contributed by atoms with van der Waals surface area (Å²) in [5.74, 6) is -0.317. The largest absolute Gasteiger partial charge is 0.463 e. The van der Waals surface area contributed by atoms with Crippen molar-refractivity contribution in [1.29, 1.82) is 0 Å². The van der Waals surface area contributed by atoms with Crippen molar-refractivity contribution in [2.45, 2.75) is 70.9 Å². The van der Waals surface area contributed by atoms with Gasteiger partial charge in [0.25, 0.3) is 0 Å². The molecule has 1 rings (SSSR count). The summed E-state index contributed by atoms with van der Waals surface area (Å²) in [7, 11) is 0. The molecule has 0 amide bonds. The zero-order chi connectivity index (χ0) is 13.5. The first-order chi connectivity index (χ1) is 8.51. The molecule has 0 spiro atoms. The molecule has 0 radical (unpaired) electrons. The lowest BCUT2D eigenvalue weighted by atomic mass is 10.00. The predicted molar refractivity (Wildman–Crippen MR) is 66.0 cm³/mol. The van der Waals surface area contributed by atoms with E-state index in [0.29, 0.717) is 19.6 Å². The van der Waals surface area contributed by atoms with Crippen molar-refractivity contribution < 1.29 is 24.1 Å². The van der Waals surface area contributed by atoms with Crippen molar-refractivity contribution in [1.82, 2.24) is 0 Å². The minimum absolute atomic E-state index is 0.0308. The second-order valence-corrected chi connectivity index (χ2v) is 4.88. The Hall–Kier alpha value is -0.650. The molecular formula is C13H24O5. The third-order valence-electron chi connectivity index (χ3n) is 3.09. The molecule has 1 saturated heterocycles. The SMILES string of the molecule is CCC1CC(CC(O)CC(C)OC(C)=O)OCO1. The van der Waals surface area contributed by atoms with Crippen LogP contribution < -0.4 is 0 Å². The van der Waals surface area contributed by atoms with Crippen molar-refractivity contribution in [2.24, 2.45) is 0 Å². The maximum Gasteiger partial charge on any atom is 0.302 e. The first-order valence-corrected chi connectivity index (χ1v) is 6.59. The summed E-state index contributed by atoms with van der Waals surface area (Å²) < 4.78 is 15.8. The molecule has 0 aromatic heterocycles. The minimum atomic E-state index is -0.514. The van der Waals surface area contributed by atoms with Crippen molar-refractivity contribution in [3.8, 4) is 0 Å². The summed E-state index contributed by atoms with van der Waals surface area (Å²) in [5, 5.41) is 9.93. The maximum atomic E-state index is 10.8. The summed E-state index contributed by atoms with van der Waals surface area (Å²) >= 11 is 0. The Balaban J connectivity index is 2.26. The van der Waals surface area contributed by atoms with Gasteiger partial charge in [-0.2, -0.15) is 0 Å². The normalized spacial score (nSPS) is 27.6. The van der Waals surface area contributed by atoms with Crippen LogP contribution in [0.1, 0.15) is 46.5 Å². The van der Waals surface area contributed by atoms with E-state index >= 15 is 0 Å². The Morgan fingerprint density at radius 3 is 2.72 bits per heavy atom. The maximum absolute atomic E-state index is 10.8. The van der Waals surface area contributed by atoms with Gasteiger partial charge in [0.15, 0.2) is 0 Å². The first-order valence-electron chi connectivity index (χ1n) is 6.59. The standard InChI is InChI=1S/C13H24O5/c1-4-12-7-13(17-8-16-12)6-11(15)5-9(2)18-10(3)14/h9,11-13,15H,4-8H2,1-3H3. The smallest absolute Gasteiger partial charge is 0.302 e. The lowest BCUT2D eigenvalue weighted by Gasteiger charge is -2.30. The van der Waals surface area contributed by atoms with Crippen LogP contribution in [-0.2, 0) is 19.0 Å². The molecule has 5 nitrogen and oxygen atoms in total. The van der Waals surface area contributed by atoms with Gasteiger partial charge < -0.3 is 19.3 Å². The lowest BCUT2D eigenvalue weighted by Crippen LogP contribution is -2.34. The molecule has 4 unspecified atom stereocenters. The molecule has 1 aliphatic rings. The number of ether oxygens (including phenoxy) is 3. The summed E-state index contributed by atoms with van der Waals surface area (Å²) in [5.41, 5.74) is 0. The zero-order valence-electron chi connectivity index (χ0n) is 11.4. The molecule has 1 heterocycles. The van der Waals surface area contributed by atoms with E-state index in [1.165, 1.54) is 6.92 Å². The van der Waals surface area contributed by atoms with E-state index in [2.05, 4.69) is 6.92 Å². The van der Waals surface area contributed by atoms with Crippen LogP contribution in [0.2, 0.25) is 0 Å². The fourth-order valence-electron chi connectivity index (χ4n) is 2.22. The van der Waals surface area contributed by atoms with Crippen molar-refractivity contribution in [3.63, 3.8) is 0 Å². The molecule has 5 heteroatoms. The molecule has 0 aliphatic carbocycles. The molecule has 0 aromatic rings. The van der Waals surface area contributed by atoms with Gasteiger partial charge in [0.1, 0.15) is 12.9 Å². The van der Waals surface area contributed by atoms with Crippen LogP contribution in [0.15, 0.2) is 0 Å². The van der Waals surface area contributed by atoms with Gasteiger partial charge >= 0.3 is 5.97 Å². The van der Waals surface area contributed by atoms with Gasteiger partial charge in [-0.15, -0.1) is 0 Å². The monoisotopic (exact) mass is 260 g/mol. The molecule has 106 valence electrons. The highest BCUT2D eigenvalue weighted by molar-refractivity contribution is 5.66. The summed E-state index contributed by atoms with van der Waals surface area (Å²) in [6.45, 7) is 5.53. The number of hydrogen-bond donors (Lipinski definition) is 1. The Morgan fingerprint density at radius 1 is 1.44 bits per heavy atom. The number of carbonyl (C=O) groups is 1. The summed E-state index contributed by atoms with van der Waals surface area (Å²) in [6, 6.07) is 0. The van der Waals surface area contributed by atoms with Gasteiger partial charge in [0.05, 0.1) is 18.3 Å². The Morgan fingerprint density at radius 2 is 2.11 bits per heavy atom. The van der Waals surface area contributed by atoms with Gasteiger partial charge in [0, 0.05) is 19.8 Å². The van der Waals surface area contributed by atoms with Crippen molar-refractivity contribution in [3.05, 3.63) is 0 Å². The Labute approximate surface area is 108 Å². The molecule has 18 heavy (non-hydrogen) atoms. The number of aliphatic hydroxyl groups excluding tert-OH is 1. The third kappa shape index (κ3) is 5.80. The minimum Gasteiger partial charge on any atom is -0.463 e. The van der Waals surface area contributed by atoms with Crippen molar-refractivity contribution in [2.75, 3.05) is 6.79 Å². The van der Waals surface area contributed by atoms with Crippen molar-refractivity contribution >= 4 is 5.97 Å². The fraction of sp³-hybridized carbons (Fsp3) is 0.923. The number of hydrogen-bond acceptors (Lipinski definition) is 5. The van der Waals surface area contributed by atoms with Crippen LogP contribution in [-0.4, -0.2) is 42.3 Å². The van der Waals surface area contributed by atoms with Gasteiger partial charge in [-0.05, 0) is 19.8 Å². The van der Waals surface area contributed by atoms with E-state index in [0.717, 1.165) is 12.8 Å². The van der Waals surface area contributed by atoms with Crippen LogP contribution in [0.5, 0.6) is 0 Å². The Bertz CT molecular complexity index is 256. The second kappa shape index (κ2) is 7.71.